The fraction of sp³-hybridized carbons (Fsp3) is 0.688. The van der Waals surface area contributed by atoms with Crippen LogP contribution in [-0.2, 0) is 6.42 Å². The summed E-state index contributed by atoms with van der Waals surface area (Å²) in [4.78, 5) is 11.9. The molecule has 2 aliphatic rings. The normalized spacial score (nSPS) is 28.2. The Morgan fingerprint density at radius 3 is 2.72 bits per heavy atom. The van der Waals surface area contributed by atoms with Crippen LogP contribution in [0.3, 0.4) is 0 Å². The summed E-state index contributed by atoms with van der Waals surface area (Å²) in [5, 5.41) is 0. The molecule has 2 nitrogen and oxygen atoms in total. The van der Waals surface area contributed by atoms with Crippen LogP contribution in [0.4, 0.5) is 0 Å². The van der Waals surface area contributed by atoms with Crippen molar-refractivity contribution in [2.24, 2.45) is 5.92 Å². The summed E-state index contributed by atoms with van der Waals surface area (Å²) in [6.07, 6.45) is 11.7. The minimum absolute atomic E-state index is 0.359. The molecule has 1 aromatic heterocycles. The molecule has 0 amide bonds. The second-order valence-corrected chi connectivity index (χ2v) is 5.94. The van der Waals surface area contributed by atoms with Gasteiger partial charge >= 0.3 is 0 Å². The van der Waals surface area contributed by atoms with Crippen molar-refractivity contribution in [3.05, 3.63) is 23.5 Å². The molecule has 2 aliphatic carbocycles. The molecule has 18 heavy (non-hydrogen) atoms. The Morgan fingerprint density at radius 2 is 2.00 bits per heavy atom. The number of aromatic nitrogens is 1. The average molecular weight is 245 g/mol. The number of hydrogen-bond donors (Lipinski definition) is 0. The third-order valence-electron chi connectivity index (χ3n) is 4.93. The molecule has 1 heterocycles. The van der Waals surface area contributed by atoms with E-state index >= 15 is 0 Å². The largest absolute Gasteiger partial charge is 0.348 e. The molecule has 0 bridgehead atoms. The summed E-state index contributed by atoms with van der Waals surface area (Å²) in [7, 11) is 0. The van der Waals surface area contributed by atoms with Crippen molar-refractivity contribution in [1.82, 2.24) is 4.57 Å². The lowest BCUT2D eigenvalue weighted by molar-refractivity contribution is 0.0971. The van der Waals surface area contributed by atoms with Gasteiger partial charge in [-0.15, -0.1) is 0 Å². The van der Waals surface area contributed by atoms with Crippen LogP contribution in [0.15, 0.2) is 12.3 Å². The van der Waals surface area contributed by atoms with E-state index < -0.39 is 0 Å². The van der Waals surface area contributed by atoms with Crippen LogP contribution in [0.5, 0.6) is 0 Å². The molecule has 0 atom stereocenters. The van der Waals surface area contributed by atoms with Crippen LogP contribution in [0.2, 0.25) is 0 Å². The molecular weight excluding hydrogens is 222 g/mol. The third kappa shape index (κ3) is 2.02. The quantitative estimate of drug-likeness (QED) is 0.767. The Hall–Kier alpha value is -1.05. The highest BCUT2D eigenvalue weighted by atomic mass is 16.1. The van der Waals surface area contributed by atoms with E-state index in [2.05, 4.69) is 23.8 Å². The molecule has 0 aliphatic heterocycles. The first kappa shape index (κ1) is 12.0. The highest BCUT2D eigenvalue weighted by Crippen LogP contribution is 2.36. The molecule has 0 saturated heterocycles. The highest BCUT2D eigenvalue weighted by molar-refractivity contribution is 5.98. The van der Waals surface area contributed by atoms with Gasteiger partial charge in [0.2, 0.25) is 0 Å². The highest BCUT2D eigenvalue weighted by Gasteiger charge is 2.26. The van der Waals surface area contributed by atoms with E-state index in [0.717, 1.165) is 30.7 Å². The number of Topliss-reactive ketones (excluding diaryl/α,β-unsaturated/α-hetero) is 1. The van der Waals surface area contributed by atoms with Crippen molar-refractivity contribution >= 4 is 5.78 Å². The summed E-state index contributed by atoms with van der Waals surface area (Å²) < 4.78 is 2.43. The lowest BCUT2D eigenvalue weighted by Crippen LogP contribution is -2.21. The Bertz CT molecular complexity index is 438. The van der Waals surface area contributed by atoms with Crippen molar-refractivity contribution in [3.8, 4) is 0 Å². The van der Waals surface area contributed by atoms with E-state index in [0.29, 0.717) is 11.8 Å². The minimum atomic E-state index is 0.359. The van der Waals surface area contributed by atoms with Crippen LogP contribution < -0.4 is 0 Å². The van der Waals surface area contributed by atoms with Crippen molar-refractivity contribution in [2.75, 3.05) is 0 Å². The van der Waals surface area contributed by atoms with Crippen LogP contribution in [0.25, 0.3) is 0 Å². The number of hydrogen-bond acceptors (Lipinski definition) is 1. The molecule has 0 N–H and O–H groups in total. The zero-order chi connectivity index (χ0) is 12.5. The van der Waals surface area contributed by atoms with Crippen LogP contribution in [-0.4, -0.2) is 10.4 Å². The van der Waals surface area contributed by atoms with Gasteiger partial charge in [0.15, 0.2) is 5.78 Å². The lowest BCUT2D eigenvalue weighted by atomic mass is 9.84. The zero-order valence-corrected chi connectivity index (χ0v) is 11.3. The molecule has 98 valence electrons. The van der Waals surface area contributed by atoms with Gasteiger partial charge < -0.3 is 4.57 Å². The van der Waals surface area contributed by atoms with E-state index in [-0.39, 0.29) is 0 Å². The summed E-state index contributed by atoms with van der Waals surface area (Å²) in [5.41, 5.74) is 2.34. The van der Waals surface area contributed by atoms with Gasteiger partial charge in [0, 0.05) is 29.9 Å². The number of carbonyl (C=O) groups excluding carboxylic acids is 1. The maximum Gasteiger partial charge on any atom is 0.164 e. The van der Waals surface area contributed by atoms with Gasteiger partial charge in [0.25, 0.3) is 0 Å². The Morgan fingerprint density at radius 1 is 1.22 bits per heavy atom. The van der Waals surface area contributed by atoms with E-state index in [1.165, 1.54) is 37.8 Å². The van der Waals surface area contributed by atoms with Gasteiger partial charge in [-0.2, -0.15) is 0 Å². The Kier molecular flexibility index (Phi) is 3.27. The van der Waals surface area contributed by atoms with Gasteiger partial charge in [0.1, 0.15) is 0 Å². The fourth-order valence-corrected chi connectivity index (χ4v) is 3.72. The molecule has 2 heteroatoms. The molecule has 0 radical (unpaired) electrons. The van der Waals surface area contributed by atoms with Crippen molar-refractivity contribution in [2.45, 2.75) is 64.3 Å². The monoisotopic (exact) mass is 245 g/mol. The fourth-order valence-electron chi connectivity index (χ4n) is 3.72. The second-order valence-electron chi connectivity index (χ2n) is 5.94. The van der Waals surface area contributed by atoms with E-state index in [9.17, 15) is 4.79 Å². The number of rotatable bonds is 2. The van der Waals surface area contributed by atoms with Gasteiger partial charge in [-0.05, 0) is 50.5 Å². The summed E-state index contributed by atoms with van der Waals surface area (Å²) >= 11 is 0. The van der Waals surface area contributed by atoms with Gasteiger partial charge in [-0.3, -0.25) is 4.79 Å². The standard InChI is InChI=1S/C16H23NO/c1-2-12-6-8-13(9-7-12)17-11-10-14-15(17)4-3-5-16(14)18/h10-13H,2-9H2,1H3. The zero-order valence-electron chi connectivity index (χ0n) is 11.3. The number of nitrogens with zero attached hydrogens (tertiary/aromatic N) is 1. The van der Waals surface area contributed by atoms with Crippen LogP contribution >= 0.6 is 0 Å². The summed E-state index contributed by atoms with van der Waals surface area (Å²) in [6, 6.07) is 2.71. The average Bonchev–Trinajstić information content (AvgIpc) is 2.84. The predicted molar refractivity (Wildman–Crippen MR) is 73.0 cm³/mol. The molecule has 0 aromatic carbocycles. The maximum absolute atomic E-state index is 11.9. The van der Waals surface area contributed by atoms with Gasteiger partial charge in [-0.25, -0.2) is 0 Å². The van der Waals surface area contributed by atoms with Crippen molar-refractivity contribution in [1.29, 1.82) is 0 Å². The maximum atomic E-state index is 11.9. The molecule has 0 unspecified atom stereocenters. The topological polar surface area (TPSA) is 22.0 Å². The molecule has 1 aromatic rings. The predicted octanol–water partition coefficient (Wildman–Crippen LogP) is 4.15. The molecule has 1 saturated carbocycles. The van der Waals surface area contributed by atoms with Crippen molar-refractivity contribution in [3.63, 3.8) is 0 Å². The summed E-state index contributed by atoms with van der Waals surface area (Å²) in [6.45, 7) is 2.31. The molecule has 1 fully saturated rings. The number of ketones is 1. The third-order valence-corrected chi connectivity index (χ3v) is 4.93. The molecule has 3 rings (SSSR count). The second kappa shape index (κ2) is 4.91. The minimum Gasteiger partial charge on any atom is -0.348 e. The SMILES string of the molecule is CCC1CCC(n2ccc3c2CCCC3=O)CC1. The van der Waals surface area contributed by atoms with Gasteiger partial charge in [-0.1, -0.05) is 13.3 Å². The number of carbonyl (C=O) groups is 1. The lowest BCUT2D eigenvalue weighted by Gasteiger charge is -2.31. The van der Waals surface area contributed by atoms with E-state index in [1.807, 2.05) is 0 Å². The smallest absolute Gasteiger partial charge is 0.164 e. The first-order valence-corrected chi connectivity index (χ1v) is 7.52. The summed E-state index contributed by atoms with van der Waals surface area (Å²) in [5.74, 6) is 1.30. The first-order valence-electron chi connectivity index (χ1n) is 7.52. The van der Waals surface area contributed by atoms with Crippen LogP contribution in [0, 0.1) is 5.92 Å². The van der Waals surface area contributed by atoms with Crippen LogP contribution in [0.1, 0.15) is 74.0 Å². The van der Waals surface area contributed by atoms with E-state index in [1.54, 1.807) is 0 Å². The van der Waals surface area contributed by atoms with E-state index in [4.69, 9.17) is 0 Å². The number of fused-ring (bicyclic) bond motifs is 1. The molecule has 0 spiro atoms. The Balaban J connectivity index is 1.79. The van der Waals surface area contributed by atoms with Gasteiger partial charge in [0.05, 0.1) is 0 Å². The first-order chi connectivity index (χ1) is 8.79. The molecular formula is C16H23NO. The Labute approximate surface area is 109 Å². The van der Waals surface area contributed by atoms with Crippen molar-refractivity contribution < 1.29 is 4.79 Å².